The summed E-state index contributed by atoms with van der Waals surface area (Å²) in [4.78, 5) is 20.3. The van der Waals surface area contributed by atoms with Gasteiger partial charge in [0.05, 0.1) is 17.1 Å². The second-order valence-corrected chi connectivity index (χ2v) is 13.2. The van der Waals surface area contributed by atoms with Gasteiger partial charge < -0.3 is 14.2 Å². The molecule has 2 aliphatic rings. The average Bonchev–Trinajstić information content (AvgIpc) is 3.75. The molecule has 43 heavy (non-hydrogen) atoms. The van der Waals surface area contributed by atoms with Crippen molar-refractivity contribution in [3.05, 3.63) is 47.5 Å². The number of aryl methyl sites for hydroxylation is 1. The minimum Gasteiger partial charge on any atom is -0.490 e. The lowest BCUT2D eigenvalue weighted by Gasteiger charge is -2.41. The van der Waals surface area contributed by atoms with Gasteiger partial charge in [0.2, 0.25) is 5.95 Å². The summed E-state index contributed by atoms with van der Waals surface area (Å²) in [6.45, 7) is 7.64. The Morgan fingerprint density at radius 1 is 1.09 bits per heavy atom. The van der Waals surface area contributed by atoms with Crippen LogP contribution in [0.5, 0.6) is 5.75 Å². The Balaban J connectivity index is 1.28. The number of tetrazole rings is 1. The molecule has 0 saturated heterocycles. The number of nitrogens with one attached hydrogen (secondary N) is 2. The van der Waals surface area contributed by atoms with E-state index in [1.807, 2.05) is 6.07 Å². The van der Waals surface area contributed by atoms with Crippen LogP contribution in [0.4, 0.5) is 11.9 Å². The van der Waals surface area contributed by atoms with Gasteiger partial charge in [0.25, 0.3) is 11.9 Å². The highest BCUT2D eigenvalue weighted by Gasteiger charge is 2.34. The molecule has 2 heterocycles. The SMILES string of the molecule is [B]c1cc(C(=O)Nc2nn[nH]n2)ccc1CN(c1nc2cc(OC3CCCC3)ccc2n1C)C1CCC(C(C)(C)C)CC1. The van der Waals surface area contributed by atoms with Crippen LogP contribution in [0.1, 0.15) is 88.1 Å². The topological polar surface area (TPSA) is 114 Å². The minimum atomic E-state index is -0.344. The van der Waals surface area contributed by atoms with Crippen molar-refractivity contribution >= 4 is 42.1 Å². The van der Waals surface area contributed by atoms with Crippen LogP contribution in [-0.4, -0.2) is 56.1 Å². The van der Waals surface area contributed by atoms with E-state index in [2.05, 4.69) is 81.4 Å². The molecule has 6 rings (SSSR count). The van der Waals surface area contributed by atoms with E-state index in [1.165, 1.54) is 25.7 Å². The van der Waals surface area contributed by atoms with Crippen molar-refractivity contribution in [2.45, 2.75) is 90.8 Å². The fourth-order valence-corrected chi connectivity index (χ4v) is 6.76. The molecule has 11 heteroatoms. The van der Waals surface area contributed by atoms with Crippen LogP contribution in [0.15, 0.2) is 36.4 Å². The van der Waals surface area contributed by atoms with Gasteiger partial charge in [0.15, 0.2) is 0 Å². The van der Waals surface area contributed by atoms with Crippen LogP contribution < -0.4 is 20.4 Å². The number of hydrogen-bond acceptors (Lipinski definition) is 7. The first kappa shape index (κ1) is 29.2. The lowest BCUT2D eigenvalue weighted by molar-refractivity contribution is 0.102. The summed E-state index contributed by atoms with van der Waals surface area (Å²) in [5.74, 6) is 2.28. The van der Waals surface area contributed by atoms with Crippen molar-refractivity contribution in [2.75, 3.05) is 10.2 Å². The highest BCUT2D eigenvalue weighted by Crippen LogP contribution is 2.40. The first-order valence-electron chi connectivity index (χ1n) is 15.5. The fourth-order valence-electron chi connectivity index (χ4n) is 6.76. The number of amides is 1. The zero-order chi connectivity index (χ0) is 30.1. The van der Waals surface area contributed by atoms with E-state index in [0.717, 1.165) is 54.0 Å². The first-order chi connectivity index (χ1) is 20.7. The number of H-pyrrole nitrogens is 1. The number of ether oxygens (including phenoxy) is 1. The molecule has 2 N–H and O–H groups in total. The first-order valence-corrected chi connectivity index (χ1v) is 15.5. The van der Waals surface area contributed by atoms with Crippen molar-refractivity contribution in [2.24, 2.45) is 18.4 Å². The van der Waals surface area contributed by atoms with Gasteiger partial charge >= 0.3 is 0 Å². The van der Waals surface area contributed by atoms with E-state index >= 15 is 0 Å². The molecule has 4 aromatic rings. The molecular formula is C32H41BN8O2. The average molecular weight is 581 g/mol. The number of aromatic amines is 1. The Morgan fingerprint density at radius 2 is 1.86 bits per heavy atom. The third-order valence-electron chi connectivity index (χ3n) is 9.37. The number of carbonyl (C=O) groups is 1. The summed E-state index contributed by atoms with van der Waals surface area (Å²) in [6, 6.07) is 12.0. The zero-order valence-electron chi connectivity index (χ0n) is 25.6. The minimum absolute atomic E-state index is 0.114. The van der Waals surface area contributed by atoms with Gasteiger partial charge in [-0.15, -0.1) is 5.10 Å². The molecule has 0 bridgehead atoms. The standard InChI is InChI=1S/C32H41BN8O2/c1-32(2,3)22-11-13-23(14-12-22)41(19-21-10-9-20(17-26(21)33)29(42)35-30-36-38-39-37-30)31-34-27-18-25(15-16-28(27)40(31)4)43-24-7-5-6-8-24/h9-10,15-18,22-24H,5-8,11-14,19H2,1-4H3,(H2,35,36,37,38,39,42). The van der Waals surface area contributed by atoms with Crippen LogP contribution in [0.2, 0.25) is 0 Å². The highest BCUT2D eigenvalue weighted by atomic mass is 16.5. The molecule has 0 spiro atoms. The van der Waals surface area contributed by atoms with Crippen molar-refractivity contribution in [3.63, 3.8) is 0 Å². The number of imidazole rings is 1. The van der Waals surface area contributed by atoms with Gasteiger partial charge in [-0.1, -0.05) is 43.5 Å². The molecular weight excluding hydrogens is 539 g/mol. The second-order valence-electron chi connectivity index (χ2n) is 13.2. The number of aromatic nitrogens is 6. The summed E-state index contributed by atoms with van der Waals surface area (Å²) < 4.78 is 8.49. The summed E-state index contributed by atoms with van der Waals surface area (Å²) >= 11 is 0. The number of anilines is 2. The van der Waals surface area contributed by atoms with Gasteiger partial charge in [-0.2, -0.15) is 5.21 Å². The van der Waals surface area contributed by atoms with E-state index in [0.29, 0.717) is 41.0 Å². The van der Waals surface area contributed by atoms with Crippen molar-refractivity contribution in [1.29, 1.82) is 0 Å². The molecule has 2 radical (unpaired) electrons. The van der Waals surface area contributed by atoms with Crippen LogP contribution in [0, 0.1) is 11.3 Å². The summed E-state index contributed by atoms with van der Waals surface area (Å²) in [5, 5.41) is 16.0. The fraction of sp³-hybridized carbons (Fsp3) is 0.531. The Morgan fingerprint density at radius 3 is 2.53 bits per heavy atom. The van der Waals surface area contributed by atoms with E-state index in [9.17, 15) is 4.79 Å². The molecule has 1 amide bonds. The van der Waals surface area contributed by atoms with Gasteiger partial charge in [-0.05, 0) is 91.7 Å². The van der Waals surface area contributed by atoms with Crippen LogP contribution in [0.3, 0.4) is 0 Å². The van der Waals surface area contributed by atoms with Crippen LogP contribution >= 0.6 is 0 Å². The second kappa shape index (κ2) is 12.0. The smallest absolute Gasteiger partial charge is 0.270 e. The maximum atomic E-state index is 12.7. The Kier molecular flexibility index (Phi) is 8.16. The van der Waals surface area contributed by atoms with Crippen LogP contribution in [0.25, 0.3) is 11.0 Å². The summed E-state index contributed by atoms with van der Waals surface area (Å²) in [7, 11) is 8.67. The molecule has 0 aliphatic heterocycles. The largest absolute Gasteiger partial charge is 0.490 e. The van der Waals surface area contributed by atoms with E-state index in [-0.39, 0.29) is 11.9 Å². The molecule has 10 nitrogen and oxygen atoms in total. The van der Waals surface area contributed by atoms with Gasteiger partial charge in [-0.3, -0.25) is 10.1 Å². The number of fused-ring (bicyclic) bond motifs is 1. The molecule has 2 aliphatic carbocycles. The Bertz CT molecular complexity index is 1560. The Hall–Kier alpha value is -3.89. The molecule has 2 saturated carbocycles. The van der Waals surface area contributed by atoms with Crippen LogP contribution in [-0.2, 0) is 13.6 Å². The van der Waals surface area contributed by atoms with Crippen molar-refractivity contribution < 1.29 is 9.53 Å². The maximum absolute atomic E-state index is 12.7. The van der Waals surface area contributed by atoms with E-state index < -0.39 is 0 Å². The maximum Gasteiger partial charge on any atom is 0.270 e. The van der Waals surface area contributed by atoms with Gasteiger partial charge in [-0.25, -0.2) is 4.98 Å². The number of nitrogens with zero attached hydrogens (tertiary/aromatic N) is 6. The number of benzene rings is 2. The third-order valence-corrected chi connectivity index (χ3v) is 9.37. The predicted molar refractivity (Wildman–Crippen MR) is 169 cm³/mol. The number of hydrogen-bond donors (Lipinski definition) is 2. The monoisotopic (exact) mass is 580 g/mol. The van der Waals surface area contributed by atoms with Crippen molar-refractivity contribution in [3.8, 4) is 5.75 Å². The lowest BCUT2D eigenvalue weighted by atomic mass is 9.71. The summed E-state index contributed by atoms with van der Waals surface area (Å²) in [6.07, 6.45) is 9.55. The predicted octanol–water partition coefficient (Wildman–Crippen LogP) is 5.07. The molecule has 0 unspecified atom stereocenters. The number of carbonyl (C=O) groups excluding carboxylic acids is 1. The summed E-state index contributed by atoms with van der Waals surface area (Å²) in [5.41, 5.74) is 4.24. The zero-order valence-corrected chi connectivity index (χ0v) is 25.6. The lowest BCUT2D eigenvalue weighted by Crippen LogP contribution is -2.41. The quantitative estimate of drug-likeness (QED) is 0.280. The molecule has 2 aromatic carbocycles. The molecule has 2 aromatic heterocycles. The van der Waals surface area contributed by atoms with E-state index in [1.54, 1.807) is 12.1 Å². The Labute approximate surface area is 254 Å². The van der Waals surface area contributed by atoms with E-state index in [4.69, 9.17) is 17.6 Å². The number of rotatable bonds is 8. The molecule has 0 atom stereocenters. The van der Waals surface area contributed by atoms with Crippen molar-refractivity contribution in [1.82, 2.24) is 30.2 Å². The normalized spacial score (nSPS) is 19.5. The van der Waals surface area contributed by atoms with Gasteiger partial charge in [0, 0.05) is 31.3 Å². The third kappa shape index (κ3) is 6.40. The molecule has 2 fully saturated rings. The molecule has 224 valence electrons. The van der Waals surface area contributed by atoms with Gasteiger partial charge in [0.1, 0.15) is 13.6 Å². The highest BCUT2D eigenvalue weighted by molar-refractivity contribution is 6.34.